The molecular formula is C18H10ClIN4O3S. The van der Waals surface area contributed by atoms with E-state index in [1.54, 1.807) is 24.3 Å². The predicted molar refractivity (Wildman–Crippen MR) is 116 cm³/mol. The van der Waals surface area contributed by atoms with Gasteiger partial charge in [-0.25, -0.2) is 14.8 Å². The smallest absolute Gasteiger partial charge is 0.339 e. The molecule has 0 bridgehead atoms. The maximum atomic E-state index is 12.5. The van der Waals surface area contributed by atoms with Crippen molar-refractivity contribution in [1.82, 2.24) is 15.0 Å². The van der Waals surface area contributed by atoms with Crippen LogP contribution in [0, 0.1) is 3.57 Å². The number of carbonyl (C=O) groups is 2. The fourth-order valence-electron chi connectivity index (χ4n) is 2.55. The summed E-state index contributed by atoms with van der Waals surface area (Å²) in [6.45, 7) is 0. The molecule has 0 aliphatic rings. The van der Waals surface area contributed by atoms with Crippen molar-refractivity contribution >= 4 is 74.3 Å². The summed E-state index contributed by atoms with van der Waals surface area (Å²) >= 11 is 9.53. The molecule has 7 nitrogen and oxygen atoms in total. The number of benzene rings is 1. The number of hydrogen-bond acceptors (Lipinski definition) is 5. The molecule has 4 rings (SSSR count). The number of thiophene rings is 1. The zero-order valence-electron chi connectivity index (χ0n) is 13.9. The molecule has 0 saturated heterocycles. The van der Waals surface area contributed by atoms with Gasteiger partial charge in [0.05, 0.1) is 32.4 Å². The van der Waals surface area contributed by atoms with Crippen molar-refractivity contribution in [3.63, 3.8) is 0 Å². The molecule has 0 aliphatic heterocycles. The third-order valence-corrected chi connectivity index (χ3v) is 5.96. The number of fused-ring (bicyclic) bond motifs is 1. The maximum Gasteiger partial charge on any atom is 0.339 e. The number of aromatic carboxylic acids is 1. The zero-order chi connectivity index (χ0) is 19.8. The molecule has 3 N–H and O–H groups in total. The standard InChI is InChI=1S/C18H10ClIN4O3S/c19-10-5-8(20)1-2-11(10)24-17(25)14-4-3-13(28-14)12-7-22-16-15(23-12)9(6-21-16)18(26)27/h1-7H,(H,21,22)(H,24,25)(H,26,27). The molecule has 10 heteroatoms. The van der Waals surface area contributed by atoms with E-state index in [2.05, 4.69) is 42.9 Å². The van der Waals surface area contributed by atoms with Gasteiger partial charge in [-0.2, -0.15) is 0 Å². The second-order valence-corrected chi connectivity index (χ2v) is 8.44. The van der Waals surface area contributed by atoms with Gasteiger partial charge in [-0.05, 0) is 52.9 Å². The number of hydrogen-bond donors (Lipinski definition) is 3. The number of rotatable bonds is 4. The van der Waals surface area contributed by atoms with Gasteiger partial charge in [0.1, 0.15) is 11.1 Å². The Balaban J connectivity index is 1.62. The van der Waals surface area contributed by atoms with Crippen molar-refractivity contribution in [3.05, 3.63) is 61.8 Å². The van der Waals surface area contributed by atoms with E-state index in [-0.39, 0.29) is 17.0 Å². The van der Waals surface area contributed by atoms with E-state index in [0.717, 1.165) is 3.57 Å². The molecule has 4 aromatic rings. The Bertz CT molecular complexity index is 1240. The summed E-state index contributed by atoms with van der Waals surface area (Å²) in [5.41, 5.74) is 1.74. The lowest BCUT2D eigenvalue weighted by Gasteiger charge is -2.06. The highest BCUT2D eigenvalue weighted by atomic mass is 127. The Hall–Kier alpha value is -2.50. The highest BCUT2D eigenvalue weighted by Gasteiger charge is 2.16. The lowest BCUT2D eigenvalue weighted by atomic mass is 10.3. The molecule has 1 aromatic carbocycles. The number of anilines is 1. The summed E-state index contributed by atoms with van der Waals surface area (Å²) in [5.74, 6) is -1.38. The van der Waals surface area contributed by atoms with Gasteiger partial charge < -0.3 is 15.4 Å². The van der Waals surface area contributed by atoms with E-state index in [4.69, 9.17) is 11.6 Å². The molecule has 0 spiro atoms. The number of halogens is 2. The van der Waals surface area contributed by atoms with E-state index in [1.165, 1.54) is 23.7 Å². The Morgan fingerprint density at radius 2 is 2.07 bits per heavy atom. The molecule has 0 aliphatic carbocycles. The van der Waals surface area contributed by atoms with Gasteiger partial charge in [-0.15, -0.1) is 11.3 Å². The summed E-state index contributed by atoms with van der Waals surface area (Å²) < 4.78 is 0.971. The largest absolute Gasteiger partial charge is 0.478 e. The SMILES string of the molecule is O=C(Nc1ccc(I)cc1Cl)c1ccc(-c2cnc3[nH]cc(C(=O)O)c3n2)s1. The maximum absolute atomic E-state index is 12.5. The first-order valence-corrected chi connectivity index (χ1v) is 10.1. The number of aromatic amines is 1. The van der Waals surface area contributed by atoms with Crippen LogP contribution in [0.4, 0.5) is 5.69 Å². The highest BCUT2D eigenvalue weighted by molar-refractivity contribution is 14.1. The third-order valence-electron chi connectivity index (χ3n) is 3.87. The average molecular weight is 525 g/mol. The molecule has 1 amide bonds. The van der Waals surface area contributed by atoms with E-state index >= 15 is 0 Å². The van der Waals surface area contributed by atoms with Gasteiger partial charge in [0.25, 0.3) is 5.91 Å². The van der Waals surface area contributed by atoms with Crippen molar-refractivity contribution in [2.24, 2.45) is 0 Å². The van der Waals surface area contributed by atoms with Crippen molar-refractivity contribution in [1.29, 1.82) is 0 Å². The van der Waals surface area contributed by atoms with Crippen molar-refractivity contribution in [2.75, 3.05) is 5.32 Å². The Morgan fingerprint density at radius 3 is 2.82 bits per heavy atom. The van der Waals surface area contributed by atoms with Crippen LogP contribution < -0.4 is 5.32 Å². The third kappa shape index (κ3) is 3.60. The monoisotopic (exact) mass is 524 g/mol. The Kier molecular flexibility index (Phi) is 5.04. The summed E-state index contributed by atoms with van der Waals surface area (Å²) in [7, 11) is 0. The Labute approximate surface area is 180 Å². The van der Waals surface area contributed by atoms with E-state index in [9.17, 15) is 14.7 Å². The number of H-pyrrole nitrogens is 1. The molecule has 0 atom stereocenters. The number of aromatic nitrogens is 3. The number of carboxylic acid groups (broad SMARTS) is 1. The fraction of sp³-hybridized carbons (Fsp3) is 0. The minimum atomic E-state index is -1.08. The van der Waals surface area contributed by atoms with Crippen LogP contribution in [-0.2, 0) is 0 Å². The molecule has 28 heavy (non-hydrogen) atoms. The molecule has 0 unspecified atom stereocenters. The van der Waals surface area contributed by atoms with Gasteiger partial charge in [-0.1, -0.05) is 11.6 Å². The van der Waals surface area contributed by atoms with Gasteiger partial charge in [0.2, 0.25) is 0 Å². The molecule has 0 radical (unpaired) electrons. The second-order valence-electron chi connectivity index (χ2n) is 5.70. The lowest BCUT2D eigenvalue weighted by molar-refractivity contribution is 0.0698. The average Bonchev–Trinajstić information content (AvgIpc) is 3.30. The van der Waals surface area contributed by atoms with Gasteiger partial charge in [0.15, 0.2) is 5.65 Å². The summed E-state index contributed by atoms with van der Waals surface area (Å²) in [6.07, 6.45) is 2.89. The normalized spacial score (nSPS) is 10.9. The summed E-state index contributed by atoms with van der Waals surface area (Å²) in [4.78, 5) is 36.4. The quantitative estimate of drug-likeness (QED) is 0.329. The molecule has 3 heterocycles. The van der Waals surface area contributed by atoms with Crippen LogP contribution in [-0.4, -0.2) is 31.9 Å². The topological polar surface area (TPSA) is 108 Å². The van der Waals surface area contributed by atoms with Crippen molar-refractivity contribution in [3.8, 4) is 10.6 Å². The molecule has 140 valence electrons. The Morgan fingerprint density at radius 1 is 1.25 bits per heavy atom. The zero-order valence-corrected chi connectivity index (χ0v) is 17.6. The minimum absolute atomic E-state index is 0.0484. The second kappa shape index (κ2) is 7.49. The first kappa shape index (κ1) is 18.8. The lowest BCUT2D eigenvalue weighted by Crippen LogP contribution is -2.10. The number of nitrogens with zero attached hydrogens (tertiary/aromatic N) is 2. The molecule has 0 fully saturated rings. The van der Waals surface area contributed by atoms with Crippen LogP contribution >= 0.6 is 45.5 Å². The van der Waals surface area contributed by atoms with Crippen LogP contribution in [0.1, 0.15) is 20.0 Å². The fourth-order valence-corrected chi connectivity index (χ4v) is 4.30. The molecular weight excluding hydrogens is 515 g/mol. The summed E-state index contributed by atoms with van der Waals surface area (Å²) in [5, 5.41) is 12.5. The number of carboxylic acids is 1. The number of carbonyl (C=O) groups excluding carboxylic acids is 1. The first-order valence-electron chi connectivity index (χ1n) is 7.86. The van der Waals surface area contributed by atoms with Crippen LogP contribution in [0.2, 0.25) is 5.02 Å². The minimum Gasteiger partial charge on any atom is -0.478 e. The number of amides is 1. The van der Waals surface area contributed by atoms with E-state index < -0.39 is 5.97 Å². The predicted octanol–water partition coefficient (Wildman–Crippen LogP) is 4.89. The van der Waals surface area contributed by atoms with Gasteiger partial charge in [-0.3, -0.25) is 4.79 Å². The van der Waals surface area contributed by atoms with Gasteiger partial charge in [0, 0.05) is 9.77 Å². The van der Waals surface area contributed by atoms with E-state index in [1.807, 2.05) is 6.07 Å². The highest BCUT2D eigenvalue weighted by Crippen LogP contribution is 2.30. The van der Waals surface area contributed by atoms with Crippen LogP contribution in [0.25, 0.3) is 21.7 Å². The van der Waals surface area contributed by atoms with Crippen LogP contribution in [0.15, 0.2) is 42.7 Å². The van der Waals surface area contributed by atoms with Crippen LogP contribution in [0.3, 0.4) is 0 Å². The first-order chi connectivity index (χ1) is 13.4. The van der Waals surface area contributed by atoms with Crippen LogP contribution in [0.5, 0.6) is 0 Å². The molecule has 3 aromatic heterocycles. The number of nitrogens with one attached hydrogen (secondary N) is 2. The molecule has 0 saturated carbocycles. The van der Waals surface area contributed by atoms with Gasteiger partial charge >= 0.3 is 5.97 Å². The van der Waals surface area contributed by atoms with E-state index in [0.29, 0.717) is 31.8 Å². The summed E-state index contributed by atoms with van der Waals surface area (Å²) in [6, 6.07) is 8.79. The van der Waals surface area contributed by atoms with Crippen molar-refractivity contribution < 1.29 is 14.7 Å². The van der Waals surface area contributed by atoms with Crippen molar-refractivity contribution in [2.45, 2.75) is 0 Å².